The fourth-order valence-electron chi connectivity index (χ4n) is 1.75. The van der Waals surface area contributed by atoms with Gasteiger partial charge in [0.25, 0.3) is 0 Å². The Morgan fingerprint density at radius 3 is 2.74 bits per heavy atom. The molecule has 19 heavy (non-hydrogen) atoms. The second kappa shape index (κ2) is 6.68. The van der Waals surface area contributed by atoms with Gasteiger partial charge in [-0.3, -0.25) is 0 Å². The van der Waals surface area contributed by atoms with Crippen LogP contribution in [-0.2, 0) is 24.3 Å². The Morgan fingerprint density at radius 2 is 2.11 bits per heavy atom. The number of ether oxygens (including phenoxy) is 1. The van der Waals surface area contributed by atoms with Crippen molar-refractivity contribution < 1.29 is 4.74 Å². The third-order valence-corrected chi connectivity index (χ3v) is 4.49. The van der Waals surface area contributed by atoms with Crippen molar-refractivity contribution in [2.45, 2.75) is 19.6 Å². The van der Waals surface area contributed by atoms with Gasteiger partial charge < -0.3 is 10.5 Å². The SMILES string of the molecule is COCc1nc(Cc2ccc(Cl)c(Cl)c2)sc1CN. The van der Waals surface area contributed by atoms with Gasteiger partial charge in [-0.05, 0) is 17.7 Å². The van der Waals surface area contributed by atoms with Crippen LogP contribution in [-0.4, -0.2) is 12.1 Å². The zero-order chi connectivity index (χ0) is 13.8. The molecule has 1 aromatic carbocycles. The Bertz CT molecular complexity index is 572. The van der Waals surface area contributed by atoms with Gasteiger partial charge in [-0.2, -0.15) is 0 Å². The van der Waals surface area contributed by atoms with Crippen LogP contribution in [0.3, 0.4) is 0 Å². The summed E-state index contributed by atoms with van der Waals surface area (Å²) in [5, 5.41) is 2.13. The van der Waals surface area contributed by atoms with Crippen LogP contribution in [0, 0.1) is 0 Å². The number of thiazole rings is 1. The highest BCUT2D eigenvalue weighted by atomic mass is 35.5. The molecule has 2 aromatic rings. The van der Waals surface area contributed by atoms with E-state index in [2.05, 4.69) is 4.98 Å². The number of hydrogen-bond donors (Lipinski definition) is 1. The zero-order valence-corrected chi connectivity index (χ0v) is 12.8. The van der Waals surface area contributed by atoms with Crippen LogP contribution in [0.4, 0.5) is 0 Å². The van der Waals surface area contributed by atoms with Gasteiger partial charge in [-0.1, -0.05) is 29.3 Å². The Balaban J connectivity index is 2.20. The molecule has 1 heterocycles. The topological polar surface area (TPSA) is 48.1 Å². The van der Waals surface area contributed by atoms with E-state index in [0.29, 0.717) is 23.2 Å². The fraction of sp³-hybridized carbons (Fsp3) is 0.308. The molecular weight excluding hydrogens is 303 g/mol. The third kappa shape index (κ3) is 3.68. The smallest absolute Gasteiger partial charge is 0.0976 e. The fourth-order valence-corrected chi connectivity index (χ4v) is 3.05. The van der Waals surface area contributed by atoms with Crippen LogP contribution < -0.4 is 5.73 Å². The van der Waals surface area contributed by atoms with Gasteiger partial charge in [0.1, 0.15) is 0 Å². The highest BCUT2D eigenvalue weighted by molar-refractivity contribution is 7.11. The van der Waals surface area contributed by atoms with Gasteiger partial charge in [0.2, 0.25) is 0 Å². The molecule has 0 unspecified atom stereocenters. The maximum atomic E-state index is 6.00. The van der Waals surface area contributed by atoms with Crippen molar-refractivity contribution in [2.75, 3.05) is 7.11 Å². The molecule has 0 aliphatic carbocycles. The van der Waals surface area contributed by atoms with E-state index in [1.54, 1.807) is 24.5 Å². The third-order valence-electron chi connectivity index (χ3n) is 2.63. The van der Waals surface area contributed by atoms with Crippen molar-refractivity contribution in [1.82, 2.24) is 4.98 Å². The largest absolute Gasteiger partial charge is 0.378 e. The van der Waals surface area contributed by atoms with Crippen LogP contribution in [0.1, 0.15) is 21.1 Å². The molecule has 0 bridgehead atoms. The summed E-state index contributed by atoms with van der Waals surface area (Å²) in [6.45, 7) is 0.974. The van der Waals surface area contributed by atoms with Crippen molar-refractivity contribution in [3.63, 3.8) is 0 Å². The van der Waals surface area contributed by atoms with Crippen molar-refractivity contribution in [2.24, 2.45) is 5.73 Å². The Hall–Kier alpha value is -0.650. The normalized spacial score (nSPS) is 10.9. The van der Waals surface area contributed by atoms with E-state index in [9.17, 15) is 0 Å². The second-order valence-corrected chi connectivity index (χ2v) is 6.02. The van der Waals surface area contributed by atoms with Gasteiger partial charge in [-0.15, -0.1) is 11.3 Å². The van der Waals surface area contributed by atoms with Gasteiger partial charge >= 0.3 is 0 Å². The standard InChI is InChI=1S/C13H14Cl2N2OS/c1-18-7-11-12(6-16)19-13(17-11)5-8-2-3-9(14)10(15)4-8/h2-4H,5-7,16H2,1H3. The van der Waals surface area contributed by atoms with E-state index in [-0.39, 0.29) is 0 Å². The summed E-state index contributed by atoms with van der Waals surface area (Å²) in [5.41, 5.74) is 7.71. The zero-order valence-electron chi connectivity index (χ0n) is 10.5. The van der Waals surface area contributed by atoms with Crippen molar-refractivity contribution in [1.29, 1.82) is 0 Å². The Kier molecular flexibility index (Phi) is 5.19. The highest BCUT2D eigenvalue weighted by Crippen LogP contribution is 2.26. The van der Waals surface area contributed by atoms with Gasteiger partial charge in [0, 0.05) is 25.0 Å². The Morgan fingerprint density at radius 1 is 1.32 bits per heavy atom. The maximum Gasteiger partial charge on any atom is 0.0976 e. The molecule has 0 radical (unpaired) electrons. The lowest BCUT2D eigenvalue weighted by atomic mass is 10.2. The van der Waals surface area contributed by atoms with Crippen LogP contribution >= 0.6 is 34.5 Å². The van der Waals surface area contributed by atoms with Crippen molar-refractivity contribution >= 4 is 34.5 Å². The van der Waals surface area contributed by atoms with Crippen molar-refractivity contribution in [3.05, 3.63) is 49.4 Å². The molecule has 0 saturated carbocycles. The molecule has 0 aliphatic heterocycles. The van der Waals surface area contributed by atoms with E-state index in [1.807, 2.05) is 12.1 Å². The average molecular weight is 317 g/mol. The Labute approximate surface area is 126 Å². The first-order valence-electron chi connectivity index (χ1n) is 5.74. The minimum absolute atomic E-state index is 0.484. The van der Waals surface area contributed by atoms with E-state index in [1.165, 1.54) is 0 Å². The van der Waals surface area contributed by atoms with E-state index < -0.39 is 0 Å². The number of hydrogen-bond acceptors (Lipinski definition) is 4. The number of rotatable bonds is 5. The molecule has 1 aromatic heterocycles. The van der Waals surface area contributed by atoms with Crippen molar-refractivity contribution in [3.8, 4) is 0 Å². The molecule has 2 rings (SSSR count). The van der Waals surface area contributed by atoms with E-state index >= 15 is 0 Å². The molecule has 0 spiro atoms. The minimum atomic E-state index is 0.484. The van der Waals surface area contributed by atoms with Gasteiger partial charge in [0.15, 0.2) is 0 Å². The number of benzene rings is 1. The lowest BCUT2D eigenvalue weighted by molar-refractivity contribution is 0.181. The minimum Gasteiger partial charge on any atom is -0.378 e. The quantitative estimate of drug-likeness (QED) is 0.916. The molecule has 0 amide bonds. The van der Waals surface area contributed by atoms with Crippen LogP contribution in [0.15, 0.2) is 18.2 Å². The molecular formula is C13H14Cl2N2OS. The summed E-state index contributed by atoms with van der Waals surface area (Å²) in [5.74, 6) is 0. The number of aromatic nitrogens is 1. The average Bonchev–Trinajstić information content (AvgIpc) is 2.76. The van der Waals surface area contributed by atoms with Crippen LogP contribution in [0.2, 0.25) is 10.0 Å². The monoisotopic (exact) mass is 316 g/mol. The number of nitrogens with two attached hydrogens (primary N) is 1. The summed E-state index contributed by atoms with van der Waals surface area (Å²) in [7, 11) is 1.65. The summed E-state index contributed by atoms with van der Waals surface area (Å²) in [4.78, 5) is 5.62. The van der Waals surface area contributed by atoms with E-state index in [4.69, 9.17) is 33.7 Å². The van der Waals surface area contributed by atoms with Gasteiger partial charge in [-0.25, -0.2) is 4.98 Å². The molecule has 6 heteroatoms. The predicted octanol–water partition coefficient (Wildman–Crippen LogP) is 3.65. The molecule has 2 N–H and O–H groups in total. The molecule has 3 nitrogen and oxygen atoms in total. The maximum absolute atomic E-state index is 6.00. The highest BCUT2D eigenvalue weighted by Gasteiger charge is 2.10. The summed E-state index contributed by atoms with van der Waals surface area (Å²) in [6.07, 6.45) is 0.721. The summed E-state index contributed by atoms with van der Waals surface area (Å²) < 4.78 is 5.12. The first-order chi connectivity index (χ1) is 9.13. The van der Waals surface area contributed by atoms with Crippen LogP contribution in [0.5, 0.6) is 0 Å². The number of methoxy groups -OCH3 is 1. The number of nitrogens with zero attached hydrogens (tertiary/aromatic N) is 1. The number of halogens is 2. The molecule has 102 valence electrons. The molecule has 0 saturated heterocycles. The predicted molar refractivity (Wildman–Crippen MR) is 80.0 cm³/mol. The molecule has 0 aliphatic rings. The lowest BCUT2D eigenvalue weighted by Crippen LogP contribution is -1.99. The summed E-state index contributed by atoms with van der Waals surface area (Å²) in [6, 6.07) is 5.61. The molecule has 0 fully saturated rings. The van der Waals surface area contributed by atoms with Gasteiger partial charge in [0.05, 0.1) is 27.4 Å². The van der Waals surface area contributed by atoms with Crippen LogP contribution in [0.25, 0.3) is 0 Å². The summed E-state index contributed by atoms with van der Waals surface area (Å²) >= 11 is 13.5. The lowest BCUT2D eigenvalue weighted by Gasteiger charge is -2.00. The first-order valence-corrected chi connectivity index (χ1v) is 7.31. The molecule has 0 atom stereocenters. The second-order valence-electron chi connectivity index (χ2n) is 4.04. The van der Waals surface area contributed by atoms with E-state index in [0.717, 1.165) is 27.6 Å². The first kappa shape index (κ1) is 14.8.